The maximum Gasteiger partial charge on any atom is 0.249 e. The highest BCUT2D eigenvalue weighted by atomic mass is 16.2. The maximum atomic E-state index is 14.1. The van der Waals surface area contributed by atoms with Gasteiger partial charge in [-0.2, -0.15) is 0 Å². The number of aryl methyl sites for hydroxylation is 2. The minimum Gasteiger partial charge on any atom is -0.354 e. The third-order valence-corrected chi connectivity index (χ3v) is 6.30. The van der Waals surface area contributed by atoms with Gasteiger partial charge in [0, 0.05) is 6.54 Å². The van der Waals surface area contributed by atoms with Gasteiger partial charge in [0.1, 0.15) is 18.1 Å². The van der Waals surface area contributed by atoms with Gasteiger partial charge in [-0.25, -0.2) is 4.68 Å². The minimum atomic E-state index is -0.833. The van der Waals surface area contributed by atoms with Crippen molar-refractivity contribution in [1.82, 2.24) is 20.3 Å². The Balaban J connectivity index is 1.80. The number of carbonyl (C=O) groups is 2. The molecule has 0 saturated carbocycles. The molecule has 0 spiro atoms. The van der Waals surface area contributed by atoms with Crippen molar-refractivity contribution >= 4 is 28.5 Å². The Morgan fingerprint density at radius 1 is 0.917 bits per heavy atom. The minimum absolute atomic E-state index is 0.0447. The van der Waals surface area contributed by atoms with Crippen LogP contribution in [-0.4, -0.2) is 33.4 Å². The van der Waals surface area contributed by atoms with E-state index in [2.05, 4.69) is 29.5 Å². The Hall–Kier alpha value is -4.00. The fourth-order valence-corrected chi connectivity index (χ4v) is 4.46. The van der Waals surface area contributed by atoms with Crippen LogP contribution in [0.2, 0.25) is 0 Å². The Morgan fingerprint density at radius 3 is 2.28 bits per heavy atom. The number of rotatable bonds is 9. The van der Waals surface area contributed by atoms with E-state index in [1.54, 1.807) is 9.58 Å². The van der Waals surface area contributed by atoms with Crippen LogP contribution in [0, 0.1) is 19.8 Å². The van der Waals surface area contributed by atoms with Gasteiger partial charge in [0.05, 0.1) is 11.2 Å². The topological polar surface area (TPSA) is 80.1 Å². The highest BCUT2D eigenvalue weighted by Crippen LogP contribution is 2.33. The normalized spacial score (nSPS) is 12.0. The lowest BCUT2D eigenvalue weighted by Gasteiger charge is -2.33. The van der Waals surface area contributed by atoms with Gasteiger partial charge in [0.2, 0.25) is 11.8 Å². The number of anilines is 1. The number of fused-ring (bicyclic) bond motifs is 1. The molecule has 3 aromatic carbocycles. The fourth-order valence-electron chi connectivity index (χ4n) is 4.46. The molecule has 1 N–H and O–H groups in total. The van der Waals surface area contributed by atoms with Gasteiger partial charge in [-0.15, -0.1) is 5.10 Å². The summed E-state index contributed by atoms with van der Waals surface area (Å²) in [7, 11) is 0. The average Bonchev–Trinajstić information content (AvgIpc) is 3.26. The quantitative estimate of drug-likeness (QED) is 0.364. The van der Waals surface area contributed by atoms with Crippen LogP contribution in [0.3, 0.4) is 0 Å². The summed E-state index contributed by atoms with van der Waals surface area (Å²) in [4.78, 5) is 29.5. The average molecular weight is 484 g/mol. The van der Waals surface area contributed by atoms with Gasteiger partial charge in [-0.1, -0.05) is 79.7 Å². The summed E-state index contributed by atoms with van der Waals surface area (Å²) in [5.74, 6) is 0.00892. The second-order valence-electron chi connectivity index (χ2n) is 9.53. The molecule has 0 saturated heterocycles. The van der Waals surface area contributed by atoms with Crippen LogP contribution in [0.15, 0.2) is 72.8 Å². The first-order valence-corrected chi connectivity index (χ1v) is 12.4. The number of hydrogen-bond acceptors (Lipinski definition) is 4. The van der Waals surface area contributed by atoms with Crippen molar-refractivity contribution in [1.29, 1.82) is 0 Å². The van der Waals surface area contributed by atoms with E-state index >= 15 is 0 Å². The zero-order chi connectivity index (χ0) is 25.7. The van der Waals surface area contributed by atoms with Crippen molar-refractivity contribution in [2.45, 2.75) is 46.7 Å². The number of carbonyl (C=O) groups excluding carboxylic acids is 2. The number of benzene rings is 3. The second-order valence-corrected chi connectivity index (χ2v) is 9.53. The van der Waals surface area contributed by atoms with Crippen LogP contribution in [-0.2, 0) is 16.1 Å². The smallest absolute Gasteiger partial charge is 0.249 e. The highest BCUT2D eigenvalue weighted by molar-refractivity contribution is 6.02. The van der Waals surface area contributed by atoms with E-state index in [-0.39, 0.29) is 18.4 Å². The van der Waals surface area contributed by atoms with Crippen molar-refractivity contribution in [2.75, 3.05) is 11.4 Å². The second kappa shape index (κ2) is 11.2. The van der Waals surface area contributed by atoms with Crippen molar-refractivity contribution in [3.8, 4) is 0 Å². The number of aromatic nitrogens is 3. The van der Waals surface area contributed by atoms with E-state index in [4.69, 9.17) is 0 Å². The van der Waals surface area contributed by atoms with Crippen molar-refractivity contribution in [2.24, 2.45) is 5.92 Å². The number of nitrogens with one attached hydrogen (secondary N) is 1. The van der Waals surface area contributed by atoms with E-state index < -0.39 is 6.04 Å². The predicted molar refractivity (Wildman–Crippen MR) is 143 cm³/mol. The van der Waals surface area contributed by atoms with Crippen LogP contribution in [0.4, 0.5) is 5.69 Å². The fraction of sp³-hybridized carbons (Fsp3) is 0.310. The summed E-state index contributed by atoms with van der Waals surface area (Å²) in [6.07, 6.45) is 0.857. The van der Waals surface area contributed by atoms with Gasteiger partial charge in [-0.05, 0) is 55.0 Å². The molecule has 0 bridgehead atoms. The molecule has 1 atom stereocenters. The van der Waals surface area contributed by atoms with Gasteiger partial charge in [0.15, 0.2) is 0 Å². The zero-order valence-electron chi connectivity index (χ0n) is 21.3. The number of nitrogens with zero attached hydrogens (tertiary/aromatic N) is 4. The lowest BCUT2D eigenvalue weighted by molar-refractivity contribution is -0.127. The third-order valence-electron chi connectivity index (χ3n) is 6.30. The molecule has 0 fully saturated rings. The van der Waals surface area contributed by atoms with Gasteiger partial charge in [-0.3, -0.25) is 14.5 Å². The molecule has 0 aliphatic carbocycles. The Labute approximate surface area is 212 Å². The van der Waals surface area contributed by atoms with Crippen LogP contribution in [0.5, 0.6) is 0 Å². The van der Waals surface area contributed by atoms with E-state index in [9.17, 15) is 9.59 Å². The molecule has 7 nitrogen and oxygen atoms in total. The number of amides is 2. The van der Waals surface area contributed by atoms with Crippen LogP contribution >= 0.6 is 0 Å². The van der Waals surface area contributed by atoms with Crippen LogP contribution in [0.1, 0.15) is 43.0 Å². The Kier molecular flexibility index (Phi) is 7.78. The van der Waals surface area contributed by atoms with Crippen molar-refractivity contribution in [3.05, 3.63) is 89.5 Å². The molecule has 2 amide bonds. The first-order valence-electron chi connectivity index (χ1n) is 12.4. The molecule has 36 heavy (non-hydrogen) atoms. The summed E-state index contributed by atoms with van der Waals surface area (Å²) in [5, 5.41) is 11.5. The summed E-state index contributed by atoms with van der Waals surface area (Å²) in [6.45, 7) is 8.67. The summed E-state index contributed by atoms with van der Waals surface area (Å²) >= 11 is 0. The van der Waals surface area contributed by atoms with Crippen LogP contribution in [0.25, 0.3) is 11.0 Å². The number of para-hydroxylation sites is 2. The first-order chi connectivity index (χ1) is 17.4. The van der Waals surface area contributed by atoms with E-state index in [0.717, 1.165) is 39.8 Å². The molecule has 4 rings (SSSR count). The van der Waals surface area contributed by atoms with Gasteiger partial charge < -0.3 is 5.32 Å². The molecule has 1 heterocycles. The third kappa shape index (κ3) is 5.46. The molecular formula is C29H33N5O2. The molecular weight excluding hydrogens is 450 g/mol. The molecule has 0 aliphatic heterocycles. The van der Waals surface area contributed by atoms with Crippen molar-refractivity contribution in [3.63, 3.8) is 0 Å². The summed E-state index contributed by atoms with van der Waals surface area (Å²) in [6, 6.07) is 22.1. The Bertz CT molecular complexity index is 1330. The lowest BCUT2D eigenvalue weighted by atomic mass is 9.99. The SMILES string of the molecule is Cc1cccc(C)c1N(C(=O)Cn1nnc2ccccc21)C(C(=O)NCCC(C)C)c1ccccc1. The summed E-state index contributed by atoms with van der Waals surface area (Å²) < 4.78 is 1.59. The van der Waals surface area contributed by atoms with Gasteiger partial charge in [0.25, 0.3) is 0 Å². The van der Waals surface area contributed by atoms with E-state index in [0.29, 0.717) is 12.5 Å². The zero-order valence-corrected chi connectivity index (χ0v) is 21.3. The molecule has 1 unspecified atom stereocenters. The molecule has 7 heteroatoms. The lowest BCUT2D eigenvalue weighted by Crippen LogP contribution is -2.46. The van der Waals surface area contributed by atoms with Crippen LogP contribution < -0.4 is 10.2 Å². The highest BCUT2D eigenvalue weighted by Gasteiger charge is 2.34. The predicted octanol–water partition coefficient (Wildman–Crippen LogP) is 4.98. The molecule has 0 radical (unpaired) electrons. The van der Waals surface area contributed by atoms with E-state index in [1.165, 1.54) is 0 Å². The molecule has 1 aromatic heterocycles. The maximum absolute atomic E-state index is 14.1. The number of hydrogen-bond donors (Lipinski definition) is 1. The molecule has 4 aromatic rings. The molecule has 186 valence electrons. The summed E-state index contributed by atoms with van der Waals surface area (Å²) in [5.41, 5.74) is 4.81. The largest absolute Gasteiger partial charge is 0.354 e. The van der Waals surface area contributed by atoms with Gasteiger partial charge >= 0.3 is 0 Å². The standard InChI is InChI=1S/C29H33N5O2/c1-20(2)17-18-30-29(36)28(23-13-6-5-7-14-23)34(27-21(3)11-10-12-22(27)4)26(35)19-33-25-16-9-8-15-24(25)31-32-33/h5-16,20,28H,17-19H2,1-4H3,(H,30,36). The van der Waals surface area contributed by atoms with Crippen molar-refractivity contribution < 1.29 is 9.59 Å². The Morgan fingerprint density at radius 2 is 1.58 bits per heavy atom. The van der Waals surface area contributed by atoms with E-state index in [1.807, 2.05) is 86.6 Å². The first kappa shape index (κ1) is 25.1. The molecule has 0 aliphatic rings. The monoisotopic (exact) mass is 483 g/mol.